The van der Waals surface area contributed by atoms with Gasteiger partial charge < -0.3 is 10.5 Å². The number of aromatic nitrogens is 2. The Hall–Kier alpha value is -1.88. The van der Waals surface area contributed by atoms with Gasteiger partial charge in [0.1, 0.15) is 11.6 Å². The minimum Gasteiger partial charge on any atom is -0.496 e. The van der Waals surface area contributed by atoms with Crippen molar-refractivity contribution in [2.24, 2.45) is 12.8 Å². The average Bonchev–Trinajstić information content (AvgIpc) is 2.67. The van der Waals surface area contributed by atoms with Crippen LogP contribution >= 0.6 is 0 Å². The van der Waals surface area contributed by atoms with Crippen molar-refractivity contribution in [1.82, 2.24) is 9.78 Å². The molecule has 0 amide bonds. The summed E-state index contributed by atoms with van der Waals surface area (Å²) in [7, 11) is 3.37. The molecule has 19 heavy (non-hydrogen) atoms. The minimum absolute atomic E-state index is 0.342. The molecule has 0 saturated heterocycles. The highest BCUT2D eigenvalue weighted by Gasteiger charge is 2.18. The van der Waals surface area contributed by atoms with Crippen molar-refractivity contribution in [1.29, 1.82) is 0 Å². The first-order valence-corrected chi connectivity index (χ1v) is 6.10. The van der Waals surface area contributed by atoms with Crippen LogP contribution in [0.3, 0.4) is 0 Å². The van der Waals surface area contributed by atoms with Crippen LogP contribution in [0.25, 0.3) is 0 Å². The first-order valence-electron chi connectivity index (χ1n) is 6.10. The number of methoxy groups -OCH3 is 1. The van der Waals surface area contributed by atoms with Gasteiger partial charge in [-0.1, -0.05) is 6.07 Å². The Labute approximate surface area is 112 Å². The van der Waals surface area contributed by atoms with Crippen LogP contribution in [0.1, 0.15) is 23.0 Å². The van der Waals surface area contributed by atoms with Crippen LogP contribution < -0.4 is 10.5 Å². The molecule has 1 heterocycles. The second-order valence-corrected chi connectivity index (χ2v) is 4.57. The number of halogens is 1. The minimum atomic E-state index is -0.467. The van der Waals surface area contributed by atoms with E-state index in [1.165, 1.54) is 13.2 Å². The summed E-state index contributed by atoms with van der Waals surface area (Å²) in [5.74, 6) is 0.136. The largest absolute Gasteiger partial charge is 0.496 e. The van der Waals surface area contributed by atoms with Crippen molar-refractivity contribution >= 4 is 0 Å². The average molecular weight is 263 g/mol. The van der Waals surface area contributed by atoms with Gasteiger partial charge in [0.15, 0.2) is 0 Å². The first-order chi connectivity index (χ1) is 9.02. The van der Waals surface area contributed by atoms with Gasteiger partial charge in [-0.2, -0.15) is 5.10 Å². The Balaban J connectivity index is 2.30. The lowest BCUT2D eigenvalue weighted by molar-refractivity contribution is 0.398. The van der Waals surface area contributed by atoms with Crippen molar-refractivity contribution in [2.75, 3.05) is 7.11 Å². The highest BCUT2D eigenvalue weighted by molar-refractivity contribution is 5.37. The highest BCUT2D eigenvalue weighted by Crippen LogP contribution is 2.28. The second-order valence-electron chi connectivity index (χ2n) is 4.57. The molecule has 0 aliphatic rings. The molecular weight excluding hydrogens is 245 g/mol. The van der Waals surface area contributed by atoms with Crippen molar-refractivity contribution < 1.29 is 9.13 Å². The molecule has 1 atom stereocenters. The zero-order chi connectivity index (χ0) is 14.0. The summed E-state index contributed by atoms with van der Waals surface area (Å²) in [5.41, 5.74) is 8.42. The monoisotopic (exact) mass is 263 g/mol. The van der Waals surface area contributed by atoms with Gasteiger partial charge in [0.2, 0.25) is 0 Å². The van der Waals surface area contributed by atoms with E-state index in [9.17, 15) is 4.39 Å². The van der Waals surface area contributed by atoms with Crippen LogP contribution in [0.15, 0.2) is 24.3 Å². The topological polar surface area (TPSA) is 53.1 Å². The van der Waals surface area contributed by atoms with E-state index in [2.05, 4.69) is 5.10 Å². The van der Waals surface area contributed by atoms with Gasteiger partial charge in [0, 0.05) is 30.8 Å². The fraction of sp³-hybridized carbons (Fsp3) is 0.357. The third-order valence-corrected chi connectivity index (χ3v) is 3.13. The van der Waals surface area contributed by atoms with E-state index in [0.29, 0.717) is 17.7 Å². The van der Waals surface area contributed by atoms with Gasteiger partial charge in [-0.3, -0.25) is 4.68 Å². The molecule has 0 aliphatic heterocycles. The van der Waals surface area contributed by atoms with Crippen LogP contribution in [0.5, 0.6) is 5.75 Å². The molecule has 1 aromatic carbocycles. The number of aryl methyl sites for hydroxylation is 2. The Bertz CT molecular complexity index is 580. The van der Waals surface area contributed by atoms with Gasteiger partial charge in [0.05, 0.1) is 12.8 Å². The summed E-state index contributed by atoms with van der Waals surface area (Å²) in [5, 5.41) is 4.26. The third-order valence-electron chi connectivity index (χ3n) is 3.13. The number of hydrogen-bond acceptors (Lipinski definition) is 3. The van der Waals surface area contributed by atoms with Gasteiger partial charge in [-0.15, -0.1) is 0 Å². The Morgan fingerprint density at radius 3 is 2.79 bits per heavy atom. The second kappa shape index (κ2) is 5.40. The van der Waals surface area contributed by atoms with E-state index < -0.39 is 6.04 Å². The standard InChI is InChI=1S/C14H18FN3O/c1-9-7-10(18(2)17-9)8-12(16)14-11(15)5-4-6-13(14)19-3/h4-7,12H,8,16H2,1-3H3. The number of nitrogens with two attached hydrogens (primary N) is 1. The predicted octanol–water partition coefficient (Wildman–Crippen LogP) is 2.12. The summed E-state index contributed by atoms with van der Waals surface area (Å²) < 4.78 is 20.9. The van der Waals surface area contributed by atoms with E-state index in [-0.39, 0.29) is 5.82 Å². The molecule has 4 nitrogen and oxygen atoms in total. The number of benzene rings is 1. The van der Waals surface area contributed by atoms with Crippen molar-refractivity contribution in [3.05, 3.63) is 47.0 Å². The van der Waals surface area contributed by atoms with Gasteiger partial charge in [0.25, 0.3) is 0 Å². The van der Waals surface area contributed by atoms with Crippen molar-refractivity contribution in [2.45, 2.75) is 19.4 Å². The first kappa shape index (κ1) is 13.5. The molecule has 5 heteroatoms. The summed E-state index contributed by atoms with van der Waals surface area (Å²) >= 11 is 0. The molecule has 0 spiro atoms. The van der Waals surface area contributed by atoms with E-state index in [1.807, 2.05) is 20.0 Å². The maximum atomic E-state index is 13.9. The van der Waals surface area contributed by atoms with E-state index in [0.717, 1.165) is 11.4 Å². The van der Waals surface area contributed by atoms with Crippen LogP contribution in [0, 0.1) is 12.7 Å². The maximum Gasteiger partial charge on any atom is 0.131 e. The third kappa shape index (κ3) is 2.76. The summed E-state index contributed by atoms with van der Waals surface area (Å²) in [6.07, 6.45) is 0.509. The Morgan fingerprint density at radius 1 is 1.47 bits per heavy atom. The van der Waals surface area contributed by atoms with Gasteiger partial charge >= 0.3 is 0 Å². The molecule has 2 N–H and O–H groups in total. The summed E-state index contributed by atoms with van der Waals surface area (Å²) in [4.78, 5) is 0. The predicted molar refractivity (Wildman–Crippen MR) is 71.5 cm³/mol. The molecule has 2 rings (SSSR count). The van der Waals surface area contributed by atoms with Crippen LogP contribution in [0.4, 0.5) is 4.39 Å². The van der Waals surface area contributed by atoms with Gasteiger partial charge in [-0.25, -0.2) is 4.39 Å². The molecule has 102 valence electrons. The lowest BCUT2D eigenvalue weighted by Gasteiger charge is -2.16. The molecule has 0 aliphatic carbocycles. The molecule has 1 unspecified atom stereocenters. The maximum absolute atomic E-state index is 13.9. The normalized spacial score (nSPS) is 12.5. The SMILES string of the molecule is COc1cccc(F)c1C(N)Cc1cc(C)nn1C. The fourth-order valence-electron chi connectivity index (χ4n) is 2.24. The number of rotatable bonds is 4. The van der Waals surface area contributed by atoms with Crippen molar-refractivity contribution in [3.63, 3.8) is 0 Å². The number of hydrogen-bond donors (Lipinski definition) is 1. The van der Waals surface area contributed by atoms with E-state index in [4.69, 9.17) is 10.5 Å². The molecule has 0 saturated carbocycles. The zero-order valence-corrected chi connectivity index (χ0v) is 11.4. The number of ether oxygens (including phenoxy) is 1. The highest BCUT2D eigenvalue weighted by atomic mass is 19.1. The quantitative estimate of drug-likeness (QED) is 0.919. The summed E-state index contributed by atoms with van der Waals surface area (Å²) in [6, 6.07) is 6.20. The lowest BCUT2D eigenvalue weighted by Crippen LogP contribution is -2.17. The smallest absolute Gasteiger partial charge is 0.131 e. The Kier molecular flexibility index (Phi) is 3.85. The molecule has 0 fully saturated rings. The van der Waals surface area contributed by atoms with E-state index in [1.54, 1.807) is 16.8 Å². The van der Waals surface area contributed by atoms with Gasteiger partial charge in [-0.05, 0) is 25.1 Å². The molecule has 1 aromatic heterocycles. The Morgan fingerprint density at radius 2 is 2.21 bits per heavy atom. The zero-order valence-electron chi connectivity index (χ0n) is 11.4. The lowest BCUT2D eigenvalue weighted by atomic mass is 10.0. The van der Waals surface area contributed by atoms with Crippen LogP contribution in [-0.4, -0.2) is 16.9 Å². The molecular formula is C14H18FN3O. The summed E-state index contributed by atoms with van der Waals surface area (Å²) in [6.45, 7) is 1.92. The number of nitrogens with zero attached hydrogens (tertiary/aromatic N) is 2. The van der Waals surface area contributed by atoms with Crippen LogP contribution in [-0.2, 0) is 13.5 Å². The fourth-order valence-corrected chi connectivity index (χ4v) is 2.24. The van der Waals surface area contributed by atoms with E-state index >= 15 is 0 Å². The van der Waals surface area contributed by atoms with Crippen molar-refractivity contribution in [3.8, 4) is 5.75 Å². The van der Waals surface area contributed by atoms with Crippen LogP contribution in [0.2, 0.25) is 0 Å². The molecule has 0 bridgehead atoms. The molecule has 0 radical (unpaired) electrons. The molecule has 2 aromatic rings.